The maximum atomic E-state index is 14.3. The summed E-state index contributed by atoms with van der Waals surface area (Å²) in [6.07, 6.45) is 4.68. The molecule has 55 heavy (non-hydrogen) atoms. The van der Waals surface area contributed by atoms with Crippen molar-refractivity contribution in [1.29, 1.82) is 0 Å². The minimum atomic E-state index is -0.934. The molecule has 1 aromatic carbocycles. The Balaban J connectivity index is 1.22. The molecule has 8 rings (SSSR count). The Labute approximate surface area is 325 Å². The minimum absolute atomic E-state index is 0.146. The number of carbonyl (C=O) groups excluding carboxylic acids is 3. The molecule has 0 radical (unpaired) electrons. The van der Waals surface area contributed by atoms with Gasteiger partial charge in [0.1, 0.15) is 12.1 Å². The predicted octanol–water partition coefficient (Wildman–Crippen LogP) is 4.71. The molecular formula is C41H51N7O6S. The molecule has 0 aliphatic carbocycles. The van der Waals surface area contributed by atoms with Gasteiger partial charge in [0, 0.05) is 71.7 Å². The fraction of sp³-hybridized carbons (Fsp3) is 0.537. The Bertz CT molecular complexity index is 2110. The number of ether oxygens (including phenoxy) is 3. The van der Waals surface area contributed by atoms with Crippen molar-refractivity contribution in [2.24, 2.45) is 17.1 Å². The number of nitrogens with two attached hydrogens (primary N) is 1. The molecule has 7 heterocycles. The molecule has 3 aromatic heterocycles. The topological polar surface area (TPSA) is 163 Å². The van der Waals surface area contributed by atoms with E-state index in [1.54, 1.807) is 13.3 Å². The third-order valence-corrected chi connectivity index (χ3v) is 12.7. The maximum Gasteiger partial charge on any atom is 0.324 e. The second-order valence-electron chi connectivity index (χ2n) is 16.2. The summed E-state index contributed by atoms with van der Waals surface area (Å²) in [5.74, 6) is -1.57. The zero-order valence-corrected chi connectivity index (χ0v) is 33.0. The van der Waals surface area contributed by atoms with E-state index in [-0.39, 0.29) is 43.2 Å². The minimum Gasteiger partial charge on any atom is -0.464 e. The molecule has 292 valence electrons. The fourth-order valence-electron chi connectivity index (χ4n) is 8.89. The first-order chi connectivity index (χ1) is 26.5. The lowest BCUT2D eigenvalue weighted by Gasteiger charge is -2.36. The number of hydrazine groups is 1. The van der Waals surface area contributed by atoms with Crippen LogP contribution in [0.3, 0.4) is 0 Å². The van der Waals surface area contributed by atoms with Crippen LogP contribution in [0.5, 0.6) is 0 Å². The number of pyridine rings is 1. The van der Waals surface area contributed by atoms with Crippen LogP contribution < -0.4 is 16.5 Å². The molecule has 4 aromatic rings. The molecule has 2 amide bonds. The van der Waals surface area contributed by atoms with Gasteiger partial charge in [-0.15, -0.1) is 11.3 Å². The van der Waals surface area contributed by atoms with Gasteiger partial charge < -0.3 is 29.8 Å². The summed E-state index contributed by atoms with van der Waals surface area (Å²) in [6, 6.07) is 8.43. The van der Waals surface area contributed by atoms with Gasteiger partial charge in [-0.3, -0.25) is 24.4 Å². The number of aryl methyl sites for hydroxylation is 1. The molecule has 0 spiro atoms. The van der Waals surface area contributed by atoms with Crippen LogP contribution in [0.2, 0.25) is 0 Å². The first kappa shape index (κ1) is 37.7. The summed E-state index contributed by atoms with van der Waals surface area (Å²) in [5.41, 5.74) is 16.0. The monoisotopic (exact) mass is 769 g/mol. The smallest absolute Gasteiger partial charge is 0.324 e. The summed E-state index contributed by atoms with van der Waals surface area (Å²) >= 11 is 1.46. The van der Waals surface area contributed by atoms with E-state index >= 15 is 0 Å². The number of cyclic esters (lactones) is 1. The lowest BCUT2D eigenvalue weighted by Crippen LogP contribution is -2.61. The Hall–Kier alpha value is -4.21. The molecule has 8 bridgehead atoms. The van der Waals surface area contributed by atoms with Gasteiger partial charge in [0.15, 0.2) is 0 Å². The number of aromatic nitrogens is 3. The van der Waals surface area contributed by atoms with Crippen LogP contribution in [0.4, 0.5) is 0 Å². The van der Waals surface area contributed by atoms with E-state index in [1.165, 1.54) is 16.3 Å². The molecule has 0 saturated carbocycles. The Morgan fingerprint density at radius 3 is 2.78 bits per heavy atom. The third-order valence-electron chi connectivity index (χ3n) is 11.8. The zero-order chi connectivity index (χ0) is 38.6. The number of thiazole rings is 1. The Kier molecular flexibility index (Phi) is 10.3. The van der Waals surface area contributed by atoms with Crippen LogP contribution in [0.25, 0.3) is 33.4 Å². The largest absolute Gasteiger partial charge is 0.464 e. The molecular weight excluding hydrogens is 719 g/mol. The highest BCUT2D eigenvalue weighted by molar-refractivity contribution is 7.10. The van der Waals surface area contributed by atoms with Crippen molar-refractivity contribution in [2.45, 2.75) is 109 Å². The van der Waals surface area contributed by atoms with Crippen molar-refractivity contribution in [3.63, 3.8) is 0 Å². The number of esters is 1. The van der Waals surface area contributed by atoms with Crippen molar-refractivity contribution in [3.8, 4) is 22.5 Å². The number of rotatable bonds is 6. The molecule has 4 aliphatic rings. The number of benzene rings is 1. The Morgan fingerprint density at radius 2 is 2.02 bits per heavy atom. The number of hydrogen-bond acceptors (Lipinski definition) is 11. The molecule has 4 N–H and O–H groups in total. The van der Waals surface area contributed by atoms with Crippen LogP contribution >= 0.6 is 11.3 Å². The van der Waals surface area contributed by atoms with Crippen molar-refractivity contribution in [2.75, 3.05) is 20.3 Å². The van der Waals surface area contributed by atoms with E-state index < -0.39 is 35.4 Å². The molecule has 7 atom stereocenters. The number of methoxy groups -OCH3 is 1. The Morgan fingerprint density at radius 1 is 1.20 bits per heavy atom. The van der Waals surface area contributed by atoms with Gasteiger partial charge in [0.2, 0.25) is 5.91 Å². The van der Waals surface area contributed by atoms with Crippen LogP contribution in [0.15, 0.2) is 41.9 Å². The normalized spacial score (nSPS) is 27.2. The molecule has 0 unspecified atom stereocenters. The number of nitrogens with one attached hydrogen (secondary N) is 2. The van der Waals surface area contributed by atoms with Crippen molar-refractivity contribution in [1.82, 2.24) is 30.3 Å². The SMILES string of the molecule is CCn1c(-c2cccnc2[C@H](C)OC)c2c3cc(ccc31)-c1csc(n1)C[C@H](NC(=O)[C@H]1[C@@H](N)[C@@H]3CC[C@H]1O3)C(=O)N1CCC[C@H](N1)C(=O)OCC(C)(C)C2. The first-order valence-electron chi connectivity index (χ1n) is 19.5. The summed E-state index contributed by atoms with van der Waals surface area (Å²) < 4.78 is 20.2. The van der Waals surface area contributed by atoms with Gasteiger partial charge >= 0.3 is 5.97 Å². The molecule has 14 heteroatoms. The van der Waals surface area contributed by atoms with Crippen LogP contribution in [0.1, 0.15) is 75.7 Å². The van der Waals surface area contributed by atoms with E-state index in [0.29, 0.717) is 30.8 Å². The highest BCUT2D eigenvalue weighted by Crippen LogP contribution is 2.42. The van der Waals surface area contributed by atoms with E-state index in [1.807, 2.05) is 18.4 Å². The van der Waals surface area contributed by atoms with E-state index in [0.717, 1.165) is 64.1 Å². The third kappa shape index (κ3) is 7.07. The summed E-state index contributed by atoms with van der Waals surface area (Å²) in [7, 11) is 1.69. The van der Waals surface area contributed by atoms with Gasteiger partial charge in [0.05, 0.1) is 52.9 Å². The van der Waals surface area contributed by atoms with Crippen molar-refractivity contribution >= 4 is 40.0 Å². The summed E-state index contributed by atoms with van der Waals surface area (Å²) in [6.45, 7) is 9.66. The van der Waals surface area contributed by atoms with Crippen LogP contribution in [0, 0.1) is 11.3 Å². The highest BCUT2D eigenvalue weighted by Gasteiger charge is 2.51. The maximum absolute atomic E-state index is 14.3. The van der Waals surface area contributed by atoms with Gasteiger partial charge in [0.25, 0.3) is 5.91 Å². The lowest BCUT2D eigenvalue weighted by atomic mass is 9.84. The van der Waals surface area contributed by atoms with E-state index in [2.05, 4.69) is 60.3 Å². The second kappa shape index (κ2) is 15.0. The molecule has 3 saturated heterocycles. The second-order valence-corrected chi connectivity index (χ2v) is 17.1. The van der Waals surface area contributed by atoms with E-state index in [9.17, 15) is 14.4 Å². The number of fused-ring (bicyclic) bond motifs is 8. The highest BCUT2D eigenvalue weighted by atomic mass is 32.1. The summed E-state index contributed by atoms with van der Waals surface area (Å²) in [5, 5.41) is 8.30. The zero-order valence-electron chi connectivity index (χ0n) is 32.2. The predicted molar refractivity (Wildman–Crippen MR) is 209 cm³/mol. The molecule has 13 nitrogen and oxygen atoms in total. The standard InChI is InChI=1S/C41H51N7O6S/c1-6-47-30-12-11-23-17-25(30)26(37(47)24-9-7-15-43-36(24)22(2)52-5)19-41(3,4)21-53-40(51)27-10-8-16-48(46-27)39(50)28(18-33-44-29(23)20-55-33)45-38(49)34-31-13-14-32(54-31)35(34)42/h7,9,11-12,15,17,20,22,27-28,31-32,34-35,46H,6,8,10,13-14,16,18-19,21,42H2,1-5H3,(H,45,49)/t22-,27-,28-,31+,32-,34+,35-/m0/s1. The molecule has 4 aliphatic heterocycles. The van der Waals surface area contributed by atoms with Crippen LogP contribution in [-0.4, -0.2) is 87.9 Å². The quantitative estimate of drug-likeness (QED) is 0.234. The van der Waals surface area contributed by atoms with Gasteiger partial charge in [-0.05, 0) is 75.8 Å². The fourth-order valence-corrected chi connectivity index (χ4v) is 9.74. The number of hydrogen-bond donors (Lipinski definition) is 3. The van der Waals surface area contributed by atoms with Crippen LogP contribution in [-0.2, 0) is 48.0 Å². The van der Waals surface area contributed by atoms with Crippen molar-refractivity contribution in [3.05, 3.63) is 58.2 Å². The number of nitrogens with zero attached hydrogens (tertiary/aromatic N) is 4. The summed E-state index contributed by atoms with van der Waals surface area (Å²) in [4.78, 5) is 51.6. The van der Waals surface area contributed by atoms with E-state index in [4.69, 9.17) is 29.9 Å². The number of amides is 2. The van der Waals surface area contributed by atoms with Gasteiger partial charge in [-0.2, -0.15) is 0 Å². The molecule has 3 fully saturated rings. The van der Waals surface area contributed by atoms with Crippen molar-refractivity contribution < 1.29 is 28.6 Å². The lowest BCUT2D eigenvalue weighted by molar-refractivity contribution is -0.155. The van der Waals surface area contributed by atoms with Gasteiger partial charge in [-0.25, -0.2) is 10.4 Å². The first-order valence-corrected chi connectivity index (χ1v) is 20.4. The average Bonchev–Trinajstić information content (AvgIpc) is 3.99. The van der Waals surface area contributed by atoms with Gasteiger partial charge in [-0.1, -0.05) is 19.9 Å². The average molecular weight is 770 g/mol. The number of carbonyl (C=O) groups is 3.